The molecule has 5 atom stereocenters. The van der Waals surface area contributed by atoms with E-state index in [0.29, 0.717) is 0 Å². The summed E-state index contributed by atoms with van der Waals surface area (Å²) in [6.07, 6.45) is -1.58. The molecule has 0 aliphatic carbocycles. The normalized spacial score (nSPS) is 16.0. The van der Waals surface area contributed by atoms with Gasteiger partial charge < -0.3 is 37.6 Å². The van der Waals surface area contributed by atoms with E-state index in [1.165, 1.54) is 6.92 Å². The van der Waals surface area contributed by atoms with Crippen LogP contribution < -0.4 is 27.4 Å². The number of hydrogen-bond donors (Lipinski definition) is 7. The predicted molar refractivity (Wildman–Crippen MR) is 111 cm³/mol. The number of carbonyl (C=O) groups excluding carboxylic acids is 4. The molecule has 0 fully saturated rings. The monoisotopic (exact) mass is 445 g/mol. The van der Waals surface area contributed by atoms with Gasteiger partial charge in [0.15, 0.2) is 0 Å². The number of carboxylic acid groups (broad SMARTS) is 1. The first kappa shape index (κ1) is 28.3. The Balaban J connectivity index is 5.46. The van der Waals surface area contributed by atoms with Crippen LogP contribution in [0.2, 0.25) is 0 Å². The van der Waals surface area contributed by atoms with Gasteiger partial charge in [-0.2, -0.15) is 0 Å². The van der Waals surface area contributed by atoms with Crippen molar-refractivity contribution in [2.75, 3.05) is 0 Å². The van der Waals surface area contributed by atoms with Crippen molar-refractivity contribution in [2.24, 2.45) is 23.3 Å². The van der Waals surface area contributed by atoms with Crippen LogP contribution in [0.3, 0.4) is 0 Å². The zero-order valence-corrected chi connectivity index (χ0v) is 18.5. The number of amides is 4. The molecule has 4 amide bonds. The predicted octanol–water partition coefficient (Wildman–Crippen LogP) is -2.19. The SMILES string of the molecule is CC(C)CC(NC(=O)C(NC(=O)C(CC(N)=O)NC(=O)C(N)C(C)O)C(C)C)C(=O)O. The van der Waals surface area contributed by atoms with Gasteiger partial charge in [0.05, 0.1) is 12.5 Å². The lowest BCUT2D eigenvalue weighted by Gasteiger charge is -2.27. The van der Waals surface area contributed by atoms with Crippen molar-refractivity contribution in [1.29, 1.82) is 0 Å². The van der Waals surface area contributed by atoms with Crippen LogP contribution in [0.5, 0.6) is 0 Å². The Bertz CT molecular complexity index is 666. The fourth-order valence-corrected chi connectivity index (χ4v) is 2.64. The zero-order chi connectivity index (χ0) is 24.5. The summed E-state index contributed by atoms with van der Waals surface area (Å²) in [4.78, 5) is 60.2. The summed E-state index contributed by atoms with van der Waals surface area (Å²) < 4.78 is 0. The quantitative estimate of drug-likeness (QED) is 0.165. The average molecular weight is 446 g/mol. The second-order valence-corrected chi connectivity index (χ2v) is 8.26. The summed E-state index contributed by atoms with van der Waals surface area (Å²) >= 11 is 0. The molecule has 178 valence electrons. The van der Waals surface area contributed by atoms with Crippen molar-refractivity contribution in [3.8, 4) is 0 Å². The Kier molecular flexibility index (Phi) is 11.7. The van der Waals surface area contributed by atoms with Crippen LogP contribution in [0.4, 0.5) is 0 Å². The Morgan fingerprint density at radius 1 is 0.839 bits per heavy atom. The fraction of sp³-hybridized carbons (Fsp3) is 0.737. The van der Waals surface area contributed by atoms with E-state index < -0.39 is 72.2 Å². The maximum atomic E-state index is 12.7. The highest BCUT2D eigenvalue weighted by molar-refractivity contribution is 5.96. The molecule has 9 N–H and O–H groups in total. The lowest BCUT2D eigenvalue weighted by atomic mass is 10.00. The number of aliphatic hydroxyl groups excluding tert-OH is 1. The molecular formula is C19H35N5O7. The standard InChI is InChI=1S/C19H35N5O7/c1-8(2)6-12(19(30)31)23-18(29)15(9(3)4)24-16(27)11(7-13(20)26)22-17(28)14(21)10(5)25/h8-12,14-15,25H,6-7,21H2,1-5H3,(H2,20,26)(H,22,28)(H,23,29)(H,24,27)(H,30,31). The van der Waals surface area contributed by atoms with E-state index in [-0.39, 0.29) is 12.3 Å². The van der Waals surface area contributed by atoms with Gasteiger partial charge in [-0.15, -0.1) is 0 Å². The van der Waals surface area contributed by atoms with E-state index in [1.807, 2.05) is 0 Å². The molecule has 0 aromatic carbocycles. The lowest BCUT2D eigenvalue weighted by Crippen LogP contribution is -2.59. The van der Waals surface area contributed by atoms with Crippen molar-refractivity contribution in [1.82, 2.24) is 16.0 Å². The molecule has 0 rings (SSSR count). The Morgan fingerprint density at radius 2 is 1.35 bits per heavy atom. The molecular weight excluding hydrogens is 410 g/mol. The Morgan fingerprint density at radius 3 is 1.74 bits per heavy atom. The van der Waals surface area contributed by atoms with Crippen molar-refractivity contribution < 1.29 is 34.2 Å². The number of hydrogen-bond acceptors (Lipinski definition) is 7. The molecule has 31 heavy (non-hydrogen) atoms. The van der Waals surface area contributed by atoms with Gasteiger partial charge in [0.1, 0.15) is 24.2 Å². The third-order valence-electron chi connectivity index (χ3n) is 4.43. The number of aliphatic carboxylic acids is 1. The van der Waals surface area contributed by atoms with Gasteiger partial charge in [0.25, 0.3) is 0 Å². The van der Waals surface area contributed by atoms with Crippen molar-refractivity contribution >= 4 is 29.6 Å². The van der Waals surface area contributed by atoms with Crippen molar-refractivity contribution in [3.63, 3.8) is 0 Å². The Labute approximate surface area is 181 Å². The molecule has 0 aliphatic rings. The number of rotatable bonds is 13. The highest BCUT2D eigenvalue weighted by atomic mass is 16.4. The summed E-state index contributed by atoms with van der Waals surface area (Å²) in [6, 6.07) is -5.07. The largest absolute Gasteiger partial charge is 0.480 e. The number of primary amides is 1. The van der Waals surface area contributed by atoms with Crippen LogP contribution >= 0.6 is 0 Å². The number of nitrogens with one attached hydrogen (secondary N) is 3. The third kappa shape index (κ3) is 10.2. The van der Waals surface area contributed by atoms with Crippen molar-refractivity contribution in [3.05, 3.63) is 0 Å². The molecule has 0 heterocycles. The van der Waals surface area contributed by atoms with E-state index >= 15 is 0 Å². The minimum Gasteiger partial charge on any atom is -0.480 e. The third-order valence-corrected chi connectivity index (χ3v) is 4.43. The van der Waals surface area contributed by atoms with Gasteiger partial charge in [-0.3, -0.25) is 19.2 Å². The van der Waals surface area contributed by atoms with Gasteiger partial charge in [-0.1, -0.05) is 27.7 Å². The van der Waals surface area contributed by atoms with Gasteiger partial charge in [0, 0.05) is 0 Å². The number of aliphatic hydroxyl groups is 1. The minimum atomic E-state index is -1.44. The molecule has 12 heteroatoms. The molecule has 5 unspecified atom stereocenters. The van der Waals surface area contributed by atoms with E-state index in [2.05, 4.69) is 16.0 Å². The maximum Gasteiger partial charge on any atom is 0.326 e. The maximum absolute atomic E-state index is 12.7. The van der Waals surface area contributed by atoms with Crippen LogP contribution in [0.25, 0.3) is 0 Å². The van der Waals surface area contributed by atoms with Crippen LogP contribution in [-0.4, -0.2) is 70.1 Å². The second-order valence-electron chi connectivity index (χ2n) is 8.26. The van der Waals surface area contributed by atoms with E-state index in [4.69, 9.17) is 11.5 Å². The number of carboxylic acids is 1. The average Bonchev–Trinajstić information content (AvgIpc) is 2.62. The van der Waals surface area contributed by atoms with Gasteiger partial charge in [0.2, 0.25) is 23.6 Å². The molecule has 0 saturated carbocycles. The van der Waals surface area contributed by atoms with Gasteiger partial charge in [-0.25, -0.2) is 4.79 Å². The topological polar surface area (TPSA) is 214 Å². The first-order valence-corrected chi connectivity index (χ1v) is 10.0. The van der Waals surface area contributed by atoms with Crippen LogP contribution in [-0.2, 0) is 24.0 Å². The summed E-state index contributed by atoms with van der Waals surface area (Å²) in [6.45, 7) is 8.15. The first-order chi connectivity index (χ1) is 14.2. The minimum absolute atomic E-state index is 0.00164. The number of nitrogens with two attached hydrogens (primary N) is 2. The molecule has 0 aromatic rings. The molecule has 12 nitrogen and oxygen atoms in total. The molecule has 0 aliphatic heterocycles. The fourth-order valence-electron chi connectivity index (χ4n) is 2.64. The molecule has 0 bridgehead atoms. The lowest BCUT2D eigenvalue weighted by molar-refractivity contribution is -0.143. The van der Waals surface area contributed by atoms with Crippen LogP contribution in [0.15, 0.2) is 0 Å². The van der Waals surface area contributed by atoms with Gasteiger partial charge in [-0.05, 0) is 25.2 Å². The highest BCUT2D eigenvalue weighted by Crippen LogP contribution is 2.08. The van der Waals surface area contributed by atoms with Crippen LogP contribution in [0, 0.1) is 11.8 Å². The summed E-state index contributed by atoms with van der Waals surface area (Å²) in [7, 11) is 0. The number of carbonyl (C=O) groups is 5. The zero-order valence-electron chi connectivity index (χ0n) is 18.5. The summed E-state index contributed by atoms with van der Waals surface area (Å²) in [5.74, 6) is -5.02. The summed E-state index contributed by atoms with van der Waals surface area (Å²) in [5.41, 5.74) is 10.7. The smallest absolute Gasteiger partial charge is 0.326 e. The van der Waals surface area contributed by atoms with Gasteiger partial charge >= 0.3 is 5.97 Å². The van der Waals surface area contributed by atoms with E-state index in [9.17, 15) is 34.2 Å². The Hall–Kier alpha value is -2.73. The van der Waals surface area contributed by atoms with E-state index in [1.54, 1.807) is 27.7 Å². The summed E-state index contributed by atoms with van der Waals surface area (Å²) in [5, 5.41) is 25.8. The molecule has 0 aromatic heterocycles. The van der Waals surface area contributed by atoms with E-state index in [0.717, 1.165) is 0 Å². The second kappa shape index (κ2) is 12.8. The molecule has 0 spiro atoms. The highest BCUT2D eigenvalue weighted by Gasteiger charge is 2.33. The van der Waals surface area contributed by atoms with Crippen LogP contribution in [0.1, 0.15) is 47.5 Å². The first-order valence-electron chi connectivity index (χ1n) is 10.0. The van der Waals surface area contributed by atoms with Crippen molar-refractivity contribution in [2.45, 2.75) is 77.7 Å². The molecule has 0 radical (unpaired) electrons. The molecule has 0 saturated heterocycles.